The summed E-state index contributed by atoms with van der Waals surface area (Å²) in [5.41, 5.74) is 0. The summed E-state index contributed by atoms with van der Waals surface area (Å²) in [6, 6.07) is 0. The molecular weight excluding hydrogens is 132 g/mol. The van der Waals surface area contributed by atoms with E-state index >= 15 is 0 Å². The number of hydrogen-bond donors (Lipinski definition) is 0. The lowest BCUT2D eigenvalue weighted by atomic mass is 10.1. The molecule has 0 aromatic carbocycles. The molecule has 1 radical (unpaired) electrons. The van der Waals surface area contributed by atoms with Crippen LogP contribution in [0.4, 0.5) is 0 Å². The van der Waals surface area contributed by atoms with E-state index in [9.17, 15) is 0 Å². The van der Waals surface area contributed by atoms with Crippen LogP contribution in [-0.2, 0) is 0 Å². The average molecular weight is 149 g/mol. The Balaban J connectivity index is 2.22. The lowest BCUT2D eigenvalue weighted by Crippen LogP contribution is -1.74. The van der Waals surface area contributed by atoms with Crippen molar-refractivity contribution in [3.8, 4) is 0 Å². The van der Waals surface area contributed by atoms with Crippen LogP contribution in [-0.4, -0.2) is 0 Å². The van der Waals surface area contributed by atoms with Gasteiger partial charge in [0.25, 0.3) is 0 Å². The maximum atomic E-state index is 2.37. The van der Waals surface area contributed by atoms with Crippen molar-refractivity contribution in [2.75, 3.05) is 0 Å². The minimum atomic E-state index is 1.17. The van der Waals surface area contributed by atoms with Crippen molar-refractivity contribution in [2.45, 2.75) is 38.5 Å². The zero-order valence-corrected chi connectivity index (χ0v) is 7.13. The molecule has 1 aliphatic rings. The molecule has 0 aromatic heterocycles. The van der Waals surface area contributed by atoms with Crippen LogP contribution in [0.25, 0.3) is 0 Å². The highest BCUT2D eigenvalue weighted by Crippen LogP contribution is 2.06. The first-order valence-electron chi connectivity index (χ1n) is 4.62. The van der Waals surface area contributed by atoms with E-state index in [4.69, 9.17) is 0 Å². The number of rotatable bonds is 0. The second-order valence-electron chi connectivity index (χ2n) is 2.98. The summed E-state index contributed by atoms with van der Waals surface area (Å²) in [4.78, 5) is 0. The van der Waals surface area contributed by atoms with Gasteiger partial charge in [-0.3, -0.25) is 0 Å². The molecule has 0 unspecified atom stereocenters. The molecule has 1 aliphatic carbocycles. The molecule has 0 heterocycles. The van der Waals surface area contributed by atoms with Gasteiger partial charge in [-0.1, -0.05) is 24.3 Å². The fraction of sp³-hybridized carbons (Fsp3) is 0.545. The summed E-state index contributed by atoms with van der Waals surface area (Å²) in [5.74, 6) is 0. The van der Waals surface area contributed by atoms with Crippen LogP contribution >= 0.6 is 0 Å². The SMILES string of the molecule is [CH]1CC=CCCC=CCCC1. The van der Waals surface area contributed by atoms with Crippen LogP contribution < -0.4 is 0 Å². The van der Waals surface area contributed by atoms with Gasteiger partial charge in [0, 0.05) is 0 Å². The highest BCUT2D eigenvalue weighted by molar-refractivity contribution is 4.92. The minimum absolute atomic E-state index is 1.17. The Bertz CT molecular complexity index is 115. The van der Waals surface area contributed by atoms with Gasteiger partial charge in [-0.25, -0.2) is 0 Å². The summed E-state index contributed by atoms with van der Waals surface area (Å²) in [7, 11) is 0. The highest BCUT2D eigenvalue weighted by Gasteiger charge is 1.87. The molecule has 0 fully saturated rings. The molecule has 0 aromatic rings. The molecule has 0 saturated heterocycles. The van der Waals surface area contributed by atoms with Gasteiger partial charge < -0.3 is 0 Å². The Hall–Kier alpha value is -0.520. The van der Waals surface area contributed by atoms with Crippen molar-refractivity contribution in [3.63, 3.8) is 0 Å². The Kier molecular flexibility index (Phi) is 4.84. The van der Waals surface area contributed by atoms with E-state index in [0.717, 1.165) is 0 Å². The third-order valence-electron chi connectivity index (χ3n) is 1.92. The van der Waals surface area contributed by atoms with E-state index in [0.29, 0.717) is 0 Å². The fourth-order valence-corrected chi connectivity index (χ4v) is 1.24. The molecule has 0 nitrogen and oxygen atoms in total. The van der Waals surface area contributed by atoms with Crippen molar-refractivity contribution in [2.24, 2.45) is 0 Å². The zero-order chi connectivity index (χ0) is 7.78. The molecule has 0 heteroatoms. The third-order valence-corrected chi connectivity index (χ3v) is 1.92. The summed E-state index contributed by atoms with van der Waals surface area (Å²) in [6.45, 7) is 0. The molecule has 0 saturated carbocycles. The van der Waals surface area contributed by atoms with E-state index in [1.807, 2.05) is 0 Å². The van der Waals surface area contributed by atoms with Crippen molar-refractivity contribution in [3.05, 3.63) is 30.7 Å². The Morgan fingerprint density at radius 3 is 2.27 bits per heavy atom. The minimum Gasteiger partial charge on any atom is -0.0885 e. The summed E-state index contributed by atoms with van der Waals surface area (Å²) >= 11 is 0. The molecule has 1 rings (SSSR count). The molecular formula is C11H17. The van der Waals surface area contributed by atoms with E-state index in [1.165, 1.54) is 38.5 Å². The standard InChI is InChI=1S/C11H17/c1-2-4-6-8-10-11-9-7-5-3-1/h1-2,5,8,10H,3-4,6-7,9,11H2. The van der Waals surface area contributed by atoms with Crippen LogP contribution in [0.5, 0.6) is 0 Å². The average Bonchev–Trinajstić information content (AvgIpc) is 2.08. The Morgan fingerprint density at radius 1 is 0.636 bits per heavy atom. The van der Waals surface area contributed by atoms with Gasteiger partial charge in [0.15, 0.2) is 0 Å². The number of allylic oxidation sites excluding steroid dienone is 4. The van der Waals surface area contributed by atoms with E-state index < -0.39 is 0 Å². The molecule has 0 bridgehead atoms. The second kappa shape index (κ2) is 6.21. The Morgan fingerprint density at radius 2 is 1.36 bits per heavy atom. The maximum absolute atomic E-state index is 2.37. The van der Waals surface area contributed by atoms with Crippen molar-refractivity contribution in [1.82, 2.24) is 0 Å². The highest BCUT2D eigenvalue weighted by atomic mass is 13.9. The van der Waals surface area contributed by atoms with Crippen LogP contribution in [0.1, 0.15) is 38.5 Å². The molecule has 0 N–H and O–H groups in total. The molecule has 61 valence electrons. The monoisotopic (exact) mass is 149 g/mol. The van der Waals surface area contributed by atoms with Gasteiger partial charge >= 0.3 is 0 Å². The first-order chi connectivity index (χ1) is 5.50. The molecule has 0 aliphatic heterocycles. The molecule has 0 atom stereocenters. The predicted molar refractivity (Wildman–Crippen MR) is 50.3 cm³/mol. The van der Waals surface area contributed by atoms with Gasteiger partial charge in [0.05, 0.1) is 0 Å². The van der Waals surface area contributed by atoms with Crippen molar-refractivity contribution >= 4 is 0 Å². The first-order valence-corrected chi connectivity index (χ1v) is 4.62. The van der Waals surface area contributed by atoms with Gasteiger partial charge in [-0.05, 0) is 44.9 Å². The first kappa shape index (κ1) is 8.58. The zero-order valence-electron chi connectivity index (χ0n) is 7.13. The van der Waals surface area contributed by atoms with Gasteiger partial charge in [-0.2, -0.15) is 0 Å². The summed E-state index contributed by atoms with van der Waals surface area (Å²) < 4.78 is 0. The van der Waals surface area contributed by atoms with Crippen molar-refractivity contribution in [1.29, 1.82) is 0 Å². The molecule has 11 heavy (non-hydrogen) atoms. The van der Waals surface area contributed by atoms with Crippen LogP contribution in [0.15, 0.2) is 24.3 Å². The lowest BCUT2D eigenvalue weighted by molar-refractivity contribution is 0.811. The molecule has 0 spiro atoms. The van der Waals surface area contributed by atoms with E-state index in [2.05, 4.69) is 30.7 Å². The van der Waals surface area contributed by atoms with E-state index in [1.54, 1.807) is 0 Å². The summed E-state index contributed by atoms with van der Waals surface area (Å²) in [6.07, 6.45) is 19.0. The van der Waals surface area contributed by atoms with Gasteiger partial charge in [-0.15, -0.1) is 0 Å². The topological polar surface area (TPSA) is 0 Å². The van der Waals surface area contributed by atoms with Crippen LogP contribution in [0, 0.1) is 6.42 Å². The van der Waals surface area contributed by atoms with Crippen LogP contribution in [0.3, 0.4) is 0 Å². The lowest BCUT2D eigenvalue weighted by Gasteiger charge is -1.92. The van der Waals surface area contributed by atoms with E-state index in [-0.39, 0.29) is 0 Å². The van der Waals surface area contributed by atoms with Gasteiger partial charge in [0.2, 0.25) is 0 Å². The quantitative estimate of drug-likeness (QED) is 0.461. The largest absolute Gasteiger partial charge is 0.0885 e. The van der Waals surface area contributed by atoms with Crippen LogP contribution in [0.2, 0.25) is 0 Å². The molecule has 0 amide bonds. The Labute approximate surface area is 70.0 Å². The number of hydrogen-bond acceptors (Lipinski definition) is 0. The van der Waals surface area contributed by atoms with Crippen molar-refractivity contribution < 1.29 is 0 Å². The van der Waals surface area contributed by atoms with Gasteiger partial charge in [0.1, 0.15) is 0 Å². The maximum Gasteiger partial charge on any atom is -0.0316 e. The summed E-state index contributed by atoms with van der Waals surface area (Å²) in [5, 5.41) is 0. The second-order valence-corrected chi connectivity index (χ2v) is 2.98. The normalized spacial score (nSPS) is 21.1. The third kappa shape index (κ3) is 4.83. The fourth-order valence-electron chi connectivity index (χ4n) is 1.24. The smallest absolute Gasteiger partial charge is 0.0316 e. The predicted octanol–water partition coefficient (Wildman–Crippen LogP) is 3.66.